The van der Waals surface area contributed by atoms with Gasteiger partial charge in [0.1, 0.15) is 17.3 Å². The minimum absolute atomic E-state index is 0.0219. The van der Waals surface area contributed by atoms with Crippen LogP contribution in [0.4, 0.5) is 9.18 Å². The fraction of sp³-hybridized carbons (Fsp3) is 0.308. The molecule has 0 spiro atoms. The first-order valence-corrected chi connectivity index (χ1v) is 11.3. The van der Waals surface area contributed by atoms with Crippen molar-refractivity contribution in [2.75, 3.05) is 26.7 Å². The molecule has 35 heavy (non-hydrogen) atoms. The number of H-pyrrole nitrogens is 1. The number of halogens is 1. The second-order valence-corrected chi connectivity index (χ2v) is 8.96. The third-order valence-electron chi connectivity index (χ3n) is 6.88. The average molecular weight is 477 g/mol. The summed E-state index contributed by atoms with van der Waals surface area (Å²) in [5.41, 5.74) is 1.10. The Morgan fingerprint density at radius 3 is 2.86 bits per heavy atom. The lowest BCUT2D eigenvalue weighted by Gasteiger charge is -2.42. The maximum absolute atomic E-state index is 15.5. The number of rotatable bonds is 6. The molecule has 1 fully saturated rings. The number of ether oxygens (including phenoxy) is 1. The number of fused-ring (bicyclic) bond motifs is 4. The average Bonchev–Trinajstić information content (AvgIpc) is 3.29. The Kier molecular flexibility index (Phi) is 5.41. The van der Waals surface area contributed by atoms with Crippen molar-refractivity contribution in [3.63, 3.8) is 0 Å². The maximum Gasteiger partial charge on any atom is 0.328 e. The second-order valence-electron chi connectivity index (χ2n) is 8.96. The van der Waals surface area contributed by atoms with Crippen LogP contribution in [-0.2, 0) is 11.2 Å². The number of carbonyl (C=O) groups is 2. The topological polar surface area (TPSA) is 97.9 Å². The quantitative estimate of drug-likeness (QED) is 0.289. The zero-order valence-corrected chi connectivity index (χ0v) is 19.4. The number of aromatic amines is 1. The molecule has 2 atom stereocenters. The van der Waals surface area contributed by atoms with Gasteiger partial charge in [-0.05, 0) is 42.3 Å². The molecular formula is C26H25FN4O4. The van der Waals surface area contributed by atoms with Crippen LogP contribution < -0.4 is 10.1 Å². The number of urea groups is 1. The van der Waals surface area contributed by atoms with Crippen molar-refractivity contribution in [2.45, 2.75) is 24.9 Å². The van der Waals surface area contributed by atoms with E-state index in [-0.39, 0.29) is 30.4 Å². The number of carbonyl (C=O) groups excluding carboxylic acids is 2. The minimum Gasteiger partial charge on any atom is -0.508 e. The zero-order chi connectivity index (χ0) is 24.9. The van der Waals surface area contributed by atoms with Crippen LogP contribution in [0, 0.1) is 18.2 Å². The van der Waals surface area contributed by atoms with Crippen molar-refractivity contribution in [1.29, 1.82) is 0 Å². The van der Waals surface area contributed by atoms with Gasteiger partial charge in [-0.3, -0.25) is 14.6 Å². The number of terminal acetylenes is 1. The summed E-state index contributed by atoms with van der Waals surface area (Å²) in [5, 5.41) is 13.5. The summed E-state index contributed by atoms with van der Waals surface area (Å²) >= 11 is 0. The molecule has 2 aromatic carbocycles. The van der Waals surface area contributed by atoms with Gasteiger partial charge in [-0.2, -0.15) is 0 Å². The van der Waals surface area contributed by atoms with Crippen LogP contribution in [0.1, 0.15) is 29.8 Å². The van der Waals surface area contributed by atoms with Crippen LogP contribution >= 0.6 is 0 Å². The Hall–Kier alpha value is -4.03. The summed E-state index contributed by atoms with van der Waals surface area (Å²) < 4.78 is 20.6. The molecule has 1 saturated heterocycles. The van der Waals surface area contributed by atoms with Gasteiger partial charge in [-0.1, -0.05) is 18.1 Å². The van der Waals surface area contributed by atoms with Crippen molar-refractivity contribution < 1.29 is 23.8 Å². The molecular weight excluding hydrogens is 451 g/mol. The first-order valence-electron chi connectivity index (χ1n) is 11.3. The summed E-state index contributed by atoms with van der Waals surface area (Å²) in [6.45, 7) is 2.52. The van der Waals surface area contributed by atoms with Gasteiger partial charge >= 0.3 is 6.03 Å². The molecule has 0 aliphatic carbocycles. The Balaban J connectivity index is 1.69. The van der Waals surface area contributed by atoms with E-state index < -0.39 is 23.4 Å². The molecule has 180 valence electrons. The van der Waals surface area contributed by atoms with Gasteiger partial charge in [-0.25, -0.2) is 9.18 Å². The molecule has 0 saturated carbocycles. The first-order chi connectivity index (χ1) is 16.8. The molecule has 3 heterocycles. The van der Waals surface area contributed by atoms with Crippen LogP contribution in [-0.4, -0.2) is 64.1 Å². The summed E-state index contributed by atoms with van der Waals surface area (Å²) in [7, 11) is 1.40. The number of nitrogens with zero attached hydrogens (tertiary/aromatic N) is 2. The highest BCUT2D eigenvalue weighted by Gasteiger charge is 2.60. The molecule has 3 amide bonds. The number of aromatic hydroxyl groups is 1. The fourth-order valence-corrected chi connectivity index (χ4v) is 5.30. The smallest absolute Gasteiger partial charge is 0.328 e. The lowest BCUT2D eigenvalue weighted by Crippen LogP contribution is -2.53. The second kappa shape index (κ2) is 8.32. The highest BCUT2D eigenvalue weighted by molar-refractivity contribution is 6.08. The number of hydrogen-bond donors (Lipinski definition) is 3. The van der Waals surface area contributed by atoms with Crippen LogP contribution in [0.2, 0.25) is 0 Å². The van der Waals surface area contributed by atoms with Crippen molar-refractivity contribution in [3.05, 3.63) is 59.0 Å². The van der Waals surface area contributed by atoms with Crippen molar-refractivity contribution in [3.8, 4) is 23.8 Å². The lowest BCUT2D eigenvalue weighted by molar-refractivity contribution is -0.133. The standard InChI is InChI=1S/C26H25FN4O4/c1-4-10-28-11-12-30-24(33)26(2)14-17-20-18(8-9-19(35-3)21(20)27)29-22(17)23(31(26)25(30)34)15-6-5-7-16(32)13-15/h1,5-9,13,23,28-29,32H,10-12,14H2,2-3H3/t23-,26+/m1/s1. The van der Waals surface area contributed by atoms with Crippen molar-refractivity contribution >= 4 is 22.8 Å². The van der Waals surface area contributed by atoms with Gasteiger partial charge in [0, 0.05) is 36.1 Å². The number of phenolic OH excluding ortho intramolecular Hbond substituents is 1. The summed E-state index contributed by atoms with van der Waals surface area (Å²) in [4.78, 5) is 33.4. The Morgan fingerprint density at radius 2 is 2.14 bits per heavy atom. The van der Waals surface area contributed by atoms with Crippen LogP contribution in [0.25, 0.3) is 10.9 Å². The molecule has 2 aliphatic rings. The van der Waals surface area contributed by atoms with E-state index in [1.165, 1.54) is 29.0 Å². The number of phenols is 1. The molecule has 0 unspecified atom stereocenters. The van der Waals surface area contributed by atoms with Gasteiger partial charge < -0.3 is 20.1 Å². The van der Waals surface area contributed by atoms with E-state index in [9.17, 15) is 14.7 Å². The zero-order valence-electron chi connectivity index (χ0n) is 19.4. The molecule has 2 aliphatic heterocycles. The monoisotopic (exact) mass is 476 g/mol. The molecule has 0 bridgehead atoms. The largest absolute Gasteiger partial charge is 0.508 e. The van der Waals surface area contributed by atoms with Gasteiger partial charge in [0.25, 0.3) is 5.91 Å². The van der Waals surface area contributed by atoms with Gasteiger partial charge in [0.05, 0.1) is 13.7 Å². The number of nitrogens with one attached hydrogen (secondary N) is 2. The third kappa shape index (κ3) is 3.33. The van der Waals surface area contributed by atoms with Gasteiger partial charge in [0.2, 0.25) is 0 Å². The number of amides is 3. The SMILES string of the molecule is C#CCNCCN1C(=O)N2[C@H](c3cccc(O)c3)c3[nH]c4ccc(OC)c(F)c4c3C[C@@]2(C)C1=O. The number of imide groups is 1. The van der Waals surface area contributed by atoms with E-state index in [4.69, 9.17) is 11.2 Å². The maximum atomic E-state index is 15.5. The predicted octanol–water partition coefficient (Wildman–Crippen LogP) is 2.91. The number of hydrogen-bond acceptors (Lipinski definition) is 5. The third-order valence-corrected chi connectivity index (χ3v) is 6.88. The van der Waals surface area contributed by atoms with Gasteiger partial charge in [0.15, 0.2) is 11.6 Å². The molecule has 3 aromatic rings. The number of aromatic nitrogens is 1. The van der Waals surface area contributed by atoms with E-state index in [0.717, 1.165) is 0 Å². The van der Waals surface area contributed by atoms with Gasteiger partial charge in [-0.15, -0.1) is 6.42 Å². The lowest BCUT2D eigenvalue weighted by atomic mass is 9.81. The predicted molar refractivity (Wildman–Crippen MR) is 128 cm³/mol. The van der Waals surface area contributed by atoms with Crippen LogP contribution in [0.3, 0.4) is 0 Å². The van der Waals surface area contributed by atoms with E-state index in [0.29, 0.717) is 40.8 Å². The highest BCUT2D eigenvalue weighted by atomic mass is 19.1. The minimum atomic E-state index is -1.25. The molecule has 9 heteroatoms. The molecule has 1 aromatic heterocycles. The first kappa shape index (κ1) is 22.7. The number of benzene rings is 2. The van der Waals surface area contributed by atoms with E-state index >= 15 is 4.39 Å². The summed E-state index contributed by atoms with van der Waals surface area (Å²) in [6.07, 6.45) is 5.40. The van der Waals surface area contributed by atoms with E-state index in [2.05, 4.69) is 16.2 Å². The van der Waals surface area contributed by atoms with Crippen LogP contribution in [0.15, 0.2) is 36.4 Å². The summed E-state index contributed by atoms with van der Waals surface area (Å²) in [5.74, 6) is 1.69. The Morgan fingerprint density at radius 1 is 1.34 bits per heavy atom. The van der Waals surface area contributed by atoms with E-state index in [1.807, 2.05) is 0 Å². The Labute approximate surface area is 201 Å². The number of methoxy groups -OCH3 is 1. The normalized spacial score (nSPS) is 21.3. The van der Waals surface area contributed by atoms with Crippen molar-refractivity contribution in [1.82, 2.24) is 20.1 Å². The molecule has 5 rings (SSSR count). The fourth-order valence-electron chi connectivity index (χ4n) is 5.30. The van der Waals surface area contributed by atoms with E-state index in [1.54, 1.807) is 31.2 Å². The Bertz CT molecular complexity index is 1390. The molecule has 8 nitrogen and oxygen atoms in total. The molecule has 3 N–H and O–H groups in total. The van der Waals surface area contributed by atoms with Crippen molar-refractivity contribution in [2.24, 2.45) is 0 Å². The van der Waals surface area contributed by atoms with Crippen LogP contribution in [0.5, 0.6) is 11.5 Å². The summed E-state index contributed by atoms with van der Waals surface area (Å²) in [6, 6.07) is 8.59. The highest BCUT2D eigenvalue weighted by Crippen LogP contribution is 2.49. The molecule has 0 radical (unpaired) electrons.